The van der Waals surface area contributed by atoms with Gasteiger partial charge in [-0.3, -0.25) is 0 Å². The Hall–Kier alpha value is -0.550. The van der Waals surface area contributed by atoms with Crippen LogP contribution in [0.4, 0.5) is 13.2 Å². The molecule has 2 atom stereocenters. The summed E-state index contributed by atoms with van der Waals surface area (Å²) in [6, 6.07) is 1.39. The molecule has 17 heavy (non-hydrogen) atoms. The lowest BCUT2D eigenvalue weighted by Crippen LogP contribution is -2.10. The van der Waals surface area contributed by atoms with Crippen molar-refractivity contribution in [3.8, 4) is 0 Å². The van der Waals surface area contributed by atoms with Crippen LogP contribution in [-0.4, -0.2) is 12.7 Å². The van der Waals surface area contributed by atoms with Crippen LogP contribution in [-0.2, 0) is 4.74 Å². The highest BCUT2D eigenvalue weighted by molar-refractivity contribution is 9.09. The van der Waals surface area contributed by atoms with E-state index in [0.29, 0.717) is 25.2 Å². The molecule has 2 rings (SSSR count). The summed E-state index contributed by atoms with van der Waals surface area (Å²) in [6.45, 7) is 0.693. The van der Waals surface area contributed by atoms with Crippen molar-refractivity contribution >= 4 is 15.9 Å². The molecular weight excluding hydrogens is 297 g/mol. The van der Waals surface area contributed by atoms with Crippen LogP contribution < -0.4 is 0 Å². The Balaban J connectivity index is 2.15. The molecule has 1 aliphatic heterocycles. The lowest BCUT2D eigenvalue weighted by molar-refractivity contribution is 0.104. The first-order valence-corrected chi connectivity index (χ1v) is 6.39. The molecule has 1 nitrogen and oxygen atoms in total. The van der Waals surface area contributed by atoms with Crippen molar-refractivity contribution in [2.75, 3.05) is 6.61 Å². The molecule has 1 heterocycles. The van der Waals surface area contributed by atoms with Gasteiger partial charge < -0.3 is 4.74 Å². The SMILES string of the molecule is Fc1cc(F)c(C(Br)CC2CCCO2)c(F)c1. The van der Waals surface area contributed by atoms with E-state index < -0.39 is 22.3 Å². The maximum absolute atomic E-state index is 13.5. The molecule has 0 radical (unpaired) electrons. The van der Waals surface area contributed by atoms with Gasteiger partial charge in [0.2, 0.25) is 0 Å². The molecule has 94 valence electrons. The van der Waals surface area contributed by atoms with Gasteiger partial charge >= 0.3 is 0 Å². The van der Waals surface area contributed by atoms with Crippen molar-refractivity contribution in [1.29, 1.82) is 0 Å². The van der Waals surface area contributed by atoms with E-state index in [9.17, 15) is 13.2 Å². The van der Waals surface area contributed by atoms with Crippen LogP contribution >= 0.6 is 15.9 Å². The minimum atomic E-state index is -0.902. The Morgan fingerprint density at radius 2 is 1.94 bits per heavy atom. The lowest BCUT2D eigenvalue weighted by Gasteiger charge is -2.16. The van der Waals surface area contributed by atoms with Gasteiger partial charge in [0.05, 0.1) is 6.10 Å². The molecule has 1 saturated heterocycles. The van der Waals surface area contributed by atoms with Crippen molar-refractivity contribution < 1.29 is 17.9 Å². The number of benzene rings is 1. The summed E-state index contributed by atoms with van der Waals surface area (Å²) >= 11 is 3.24. The molecular formula is C12H12BrF3O. The zero-order valence-electron chi connectivity index (χ0n) is 9.06. The van der Waals surface area contributed by atoms with Gasteiger partial charge in [0.1, 0.15) is 17.5 Å². The van der Waals surface area contributed by atoms with Crippen molar-refractivity contribution in [1.82, 2.24) is 0 Å². The van der Waals surface area contributed by atoms with E-state index in [1.165, 1.54) is 0 Å². The highest BCUT2D eigenvalue weighted by atomic mass is 79.9. The predicted molar refractivity (Wildman–Crippen MR) is 61.6 cm³/mol. The van der Waals surface area contributed by atoms with Crippen LogP contribution in [0.1, 0.15) is 29.7 Å². The van der Waals surface area contributed by atoms with Crippen molar-refractivity contribution in [3.05, 3.63) is 35.1 Å². The summed E-state index contributed by atoms with van der Waals surface area (Å²) in [5.41, 5.74) is -0.123. The van der Waals surface area contributed by atoms with Gasteiger partial charge in [-0.25, -0.2) is 13.2 Å². The third kappa shape index (κ3) is 3.01. The zero-order valence-corrected chi connectivity index (χ0v) is 10.6. The second-order valence-electron chi connectivity index (χ2n) is 4.12. The van der Waals surface area contributed by atoms with E-state index in [1.54, 1.807) is 0 Å². The van der Waals surface area contributed by atoms with E-state index in [4.69, 9.17) is 4.74 Å². The Morgan fingerprint density at radius 1 is 1.29 bits per heavy atom. The van der Waals surface area contributed by atoms with Crippen LogP contribution in [0.5, 0.6) is 0 Å². The predicted octanol–water partition coefficient (Wildman–Crippen LogP) is 4.11. The second kappa shape index (κ2) is 5.40. The highest BCUT2D eigenvalue weighted by Gasteiger charge is 2.25. The van der Waals surface area contributed by atoms with E-state index in [1.807, 2.05) is 0 Å². The largest absolute Gasteiger partial charge is 0.378 e. The van der Waals surface area contributed by atoms with Crippen LogP contribution in [0.15, 0.2) is 12.1 Å². The summed E-state index contributed by atoms with van der Waals surface area (Å²) in [5.74, 6) is -2.62. The number of rotatable bonds is 3. The summed E-state index contributed by atoms with van der Waals surface area (Å²) in [5, 5.41) is 0. The average Bonchev–Trinajstić information content (AvgIpc) is 2.68. The molecule has 0 saturated carbocycles. The first kappa shape index (κ1) is 12.9. The highest BCUT2D eigenvalue weighted by Crippen LogP contribution is 2.35. The Labute approximate surface area is 106 Å². The first-order chi connectivity index (χ1) is 8.08. The van der Waals surface area contributed by atoms with Gasteiger partial charge in [-0.2, -0.15) is 0 Å². The molecule has 1 aromatic rings. The fourth-order valence-electron chi connectivity index (χ4n) is 2.03. The minimum Gasteiger partial charge on any atom is -0.378 e. The van der Waals surface area contributed by atoms with Crippen molar-refractivity contribution in [2.45, 2.75) is 30.2 Å². The standard InChI is InChI=1S/C12H12BrF3O/c13-9(6-8-2-1-3-17-8)12-10(15)4-7(14)5-11(12)16/h4-5,8-9H,1-3,6H2. The quantitative estimate of drug-likeness (QED) is 0.764. The molecule has 0 spiro atoms. The summed E-state index contributed by atoms with van der Waals surface area (Å²) in [6.07, 6.45) is 2.37. The number of halogens is 4. The zero-order chi connectivity index (χ0) is 12.4. The molecule has 2 unspecified atom stereocenters. The van der Waals surface area contributed by atoms with E-state index in [-0.39, 0.29) is 11.7 Å². The van der Waals surface area contributed by atoms with Gasteiger partial charge in [0, 0.05) is 29.1 Å². The van der Waals surface area contributed by atoms with E-state index in [0.717, 1.165) is 12.8 Å². The van der Waals surface area contributed by atoms with Gasteiger partial charge in [-0.05, 0) is 19.3 Å². The average molecular weight is 309 g/mol. The van der Waals surface area contributed by atoms with Gasteiger partial charge in [0.25, 0.3) is 0 Å². The summed E-state index contributed by atoms with van der Waals surface area (Å²) in [7, 11) is 0. The van der Waals surface area contributed by atoms with E-state index >= 15 is 0 Å². The number of hydrogen-bond acceptors (Lipinski definition) is 1. The van der Waals surface area contributed by atoms with Crippen LogP contribution in [0.2, 0.25) is 0 Å². The van der Waals surface area contributed by atoms with Crippen LogP contribution in [0, 0.1) is 17.5 Å². The smallest absolute Gasteiger partial charge is 0.133 e. The maximum atomic E-state index is 13.5. The molecule has 0 bridgehead atoms. The topological polar surface area (TPSA) is 9.23 Å². The first-order valence-electron chi connectivity index (χ1n) is 5.48. The van der Waals surface area contributed by atoms with E-state index in [2.05, 4.69) is 15.9 Å². The second-order valence-corrected chi connectivity index (χ2v) is 5.23. The molecule has 0 amide bonds. The van der Waals surface area contributed by atoms with Crippen molar-refractivity contribution in [2.24, 2.45) is 0 Å². The minimum absolute atomic E-state index is 0.0169. The Kier molecular flexibility index (Phi) is 4.09. The summed E-state index contributed by atoms with van der Waals surface area (Å²) < 4.78 is 45.1. The Morgan fingerprint density at radius 3 is 2.47 bits per heavy atom. The molecule has 1 aromatic carbocycles. The lowest BCUT2D eigenvalue weighted by atomic mass is 10.0. The summed E-state index contributed by atoms with van der Waals surface area (Å²) in [4.78, 5) is -0.494. The number of ether oxygens (including phenoxy) is 1. The molecule has 0 aromatic heterocycles. The number of hydrogen-bond donors (Lipinski definition) is 0. The van der Waals surface area contributed by atoms with Crippen LogP contribution in [0.3, 0.4) is 0 Å². The Bertz CT molecular complexity index is 382. The fraction of sp³-hybridized carbons (Fsp3) is 0.500. The van der Waals surface area contributed by atoms with Gasteiger partial charge in [-0.15, -0.1) is 0 Å². The van der Waals surface area contributed by atoms with Crippen molar-refractivity contribution in [3.63, 3.8) is 0 Å². The van der Waals surface area contributed by atoms with Gasteiger partial charge in [-0.1, -0.05) is 15.9 Å². The molecule has 0 N–H and O–H groups in total. The third-order valence-corrected chi connectivity index (χ3v) is 3.68. The molecule has 5 heteroatoms. The molecule has 0 aliphatic carbocycles. The van der Waals surface area contributed by atoms with Crippen LogP contribution in [0.25, 0.3) is 0 Å². The number of alkyl halides is 1. The molecule has 1 aliphatic rings. The fourth-order valence-corrected chi connectivity index (χ4v) is 2.89. The third-order valence-electron chi connectivity index (χ3n) is 2.85. The van der Waals surface area contributed by atoms with Gasteiger partial charge in [0.15, 0.2) is 0 Å². The monoisotopic (exact) mass is 308 g/mol. The molecule has 1 fully saturated rings. The maximum Gasteiger partial charge on any atom is 0.133 e. The normalized spacial score (nSPS) is 21.8.